The van der Waals surface area contributed by atoms with Gasteiger partial charge in [0.2, 0.25) is 15.9 Å². The van der Waals surface area contributed by atoms with Gasteiger partial charge in [0.25, 0.3) is 0 Å². The van der Waals surface area contributed by atoms with Crippen molar-refractivity contribution in [1.29, 1.82) is 0 Å². The summed E-state index contributed by atoms with van der Waals surface area (Å²) in [5.41, 5.74) is 1.70. The summed E-state index contributed by atoms with van der Waals surface area (Å²) >= 11 is 1.34. The number of aromatic nitrogens is 3. The first-order valence-electron chi connectivity index (χ1n) is 10.1. The maximum Gasteiger partial charge on any atom is 0.243 e. The molecule has 10 heteroatoms. The SMILES string of the molecule is C=CCn1cnnc1SCC(=O)N1CCc2cc(S(=O)(=O)N3CCCCC3)ccc21. The van der Waals surface area contributed by atoms with E-state index >= 15 is 0 Å². The van der Waals surface area contributed by atoms with Crippen LogP contribution >= 0.6 is 11.8 Å². The van der Waals surface area contributed by atoms with Crippen LogP contribution < -0.4 is 4.90 Å². The minimum Gasteiger partial charge on any atom is -0.311 e. The minimum absolute atomic E-state index is 0.0291. The molecule has 160 valence electrons. The lowest BCUT2D eigenvalue weighted by molar-refractivity contribution is -0.116. The molecular formula is C20H25N5O3S2. The fourth-order valence-corrected chi connectivity index (χ4v) is 6.25. The number of hydrogen-bond acceptors (Lipinski definition) is 6. The van der Waals surface area contributed by atoms with Gasteiger partial charge in [0.05, 0.1) is 10.6 Å². The molecular weight excluding hydrogens is 422 g/mol. The summed E-state index contributed by atoms with van der Waals surface area (Å²) in [7, 11) is -3.47. The lowest BCUT2D eigenvalue weighted by Crippen LogP contribution is -2.35. The quantitative estimate of drug-likeness (QED) is 0.478. The van der Waals surface area contributed by atoms with E-state index in [2.05, 4.69) is 16.8 Å². The number of nitrogens with zero attached hydrogens (tertiary/aromatic N) is 5. The van der Waals surface area contributed by atoms with Crippen LogP contribution in [0.15, 0.2) is 47.2 Å². The minimum atomic E-state index is -3.47. The van der Waals surface area contributed by atoms with Crippen LogP contribution in [0.2, 0.25) is 0 Å². The van der Waals surface area contributed by atoms with Crippen LogP contribution in [0.25, 0.3) is 0 Å². The Balaban J connectivity index is 1.46. The van der Waals surface area contributed by atoms with E-state index < -0.39 is 10.0 Å². The van der Waals surface area contributed by atoms with E-state index in [4.69, 9.17) is 0 Å². The van der Waals surface area contributed by atoms with E-state index in [9.17, 15) is 13.2 Å². The third-order valence-electron chi connectivity index (χ3n) is 5.43. The predicted molar refractivity (Wildman–Crippen MR) is 116 cm³/mol. The van der Waals surface area contributed by atoms with Crippen molar-refractivity contribution in [2.45, 2.75) is 42.3 Å². The number of carbonyl (C=O) groups is 1. The summed E-state index contributed by atoms with van der Waals surface area (Å²) in [4.78, 5) is 14.9. The van der Waals surface area contributed by atoms with Crippen molar-refractivity contribution >= 4 is 33.4 Å². The average Bonchev–Trinajstić information content (AvgIpc) is 3.39. The zero-order chi connectivity index (χ0) is 21.1. The van der Waals surface area contributed by atoms with Gasteiger partial charge in [0.15, 0.2) is 5.16 Å². The highest BCUT2D eigenvalue weighted by Gasteiger charge is 2.30. The second-order valence-electron chi connectivity index (χ2n) is 7.39. The standard InChI is InChI=1S/C20H25N5O3S2/c1-2-9-23-15-21-22-20(23)29-14-19(26)25-12-8-16-13-17(6-7-18(16)25)30(27,28)24-10-4-3-5-11-24/h2,6-7,13,15H,1,3-5,8-12,14H2. The van der Waals surface area contributed by atoms with Crippen LogP contribution in [0.5, 0.6) is 0 Å². The van der Waals surface area contributed by atoms with Gasteiger partial charge in [-0.2, -0.15) is 4.31 Å². The van der Waals surface area contributed by atoms with E-state index in [-0.39, 0.29) is 11.7 Å². The second kappa shape index (κ2) is 8.91. The maximum absolute atomic E-state index is 12.9. The van der Waals surface area contributed by atoms with Crippen molar-refractivity contribution < 1.29 is 13.2 Å². The summed E-state index contributed by atoms with van der Waals surface area (Å²) < 4.78 is 29.3. The number of carbonyl (C=O) groups excluding carboxylic acids is 1. The molecule has 0 radical (unpaired) electrons. The molecule has 0 saturated carbocycles. The Kier molecular flexibility index (Phi) is 6.26. The Morgan fingerprint density at radius 3 is 2.77 bits per heavy atom. The zero-order valence-electron chi connectivity index (χ0n) is 16.7. The number of amides is 1. The molecule has 3 heterocycles. The topological polar surface area (TPSA) is 88.4 Å². The van der Waals surface area contributed by atoms with E-state index in [0.29, 0.717) is 42.7 Å². The number of hydrogen-bond donors (Lipinski definition) is 0. The van der Waals surface area contributed by atoms with Crippen LogP contribution in [0, 0.1) is 0 Å². The molecule has 2 aliphatic heterocycles. The summed E-state index contributed by atoms with van der Waals surface area (Å²) in [6, 6.07) is 5.13. The van der Waals surface area contributed by atoms with Gasteiger partial charge in [0, 0.05) is 31.9 Å². The monoisotopic (exact) mass is 447 g/mol. The third-order valence-corrected chi connectivity index (χ3v) is 8.29. The molecule has 1 saturated heterocycles. The van der Waals surface area contributed by atoms with Gasteiger partial charge in [-0.15, -0.1) is 16.8 Å². The number of piperidine rings is 1. The molecule has 0 unspecified atom stereocenters. The number of anilines is 1. The van der Waals surface area contributed by atoms with Gasteiger partial charge in [-0.05, 0) is 43.0 Å². The van der Waals surface area contributed by atoms with Crippen LogP contribution in [-0.4, -0.2) is 58.8 Å². The molecule has 30 heavy (non-hydrogen) atoms. The van der Waals surface area contributed by atoms with Crippen molar-refractivity contribution in [1.82, 2.24) is 19.1 Å². The molecule has 2 aliphatic rings. The number of sulfonamides is 1. The highest BCUT2D eigenvalue weighted by Crippen LogP contribution is 2.32. The van der Waals surface area contributed by atoms with Crippen molar-refractivity contribution in [2.24, 2.45) is 0 Å². The summed E-state index contributed by atoms with van der Waals surface area (Å²) in [6.45, 7) is 6.01. The highest BCUT2D eigenvalue weighted by molar-refractivity contribution is 7.99. The maximum atomic E-state index is 12.9. The lowest BCUT2D eigenvalue weighted by Gasteiger charge is -2.26. The molecule has 0 aliphatic carbocycles. The molecule has 0 bridgehead atoms. The first-order valence-corrected chi connectivity index (χ1v) is 12.5. The molecule has 0 N–H and O–H groups in total. The molecule has 1 aromatic heterocycles. The molecule has 1 amide bonds. The Labute approximate surface area is 181 Å². The number of benzene rings is 1. The fraction of sp³-hybridized carbons (Fsp3) is 0.450. The molecule has 0 spiro atoms. The molecule has 4 rings (SSSR count). The summed E-state index contributed by atoms with van der Waals surface area (Å²) in [6.07, 6.45) is 6.91. The molecule has 1 fully saturated rings. The molecule has 8 nitrogen and oxygen atoms in total. The largest absolute Gasteiger partial charge is 0.311 e. The third kappa shape index (κ3) is 4.17. The summed E-state index contributed by atoms with van der Waals surface area (Å²) in [5.74, 6) is 0.210. The Bertz CT molecular complexity index is 1040. The molecule has 2 aromatic rings. The molecule has 1 aromatic carbocycles. The normalized spacial score (nSPS) is 17.1. The van der Waals surface area contributed by atoms with E-state index in [1.165, 1.54) is 11.8 Å². The summed E-state index contributed by atoms with van der Waals surface area (Å²) in [5, 5.41) is 8.60. The second-order valence-corrected chi connectivity index (χ2v) is 10.3. The number of allylic oxidation sites excluding steroid dienone is 1. The number of thioether (sulfide) groups is 1. The van der Waals surface area contributed by atoms with Crippen LogP contribution in [-0.2, 0) is 27.8 Å². The van der Waals surface area contributed by atoms with Crippen LogP contribution in [0.4, 0.5) is 5.69 Å². The van der Waals surface area contributed by atoms with Crippen molar-refractivity contribution in [3.8, 4) is 0 Å². The van der Waals surface area contributed by atoms with Gasteiger partial charge >= 0.3 is 0 Å². The van der Waals surface area contributed by atoms with Crippen molar-refractivity contribution in [3.63, 3.8) is 0 Å². The first kappa shape index (κ1) is 21.1. The van der Waals surface area contributed by atoms with Crippen molar-refractivity contribution in [2.75, 3.05) is 30.3 Å². The van der Waals surface area contributed by atoms with Gasteiger partial charge in [-0.25, -0.2) is 8.42 Å². The van der Waals surface area contributed by atoms with Crippen LogP contribution in [0.3, 0.4) is 0 Å². The predicted octanol–water partition coefficient (Wildman–Crippen LogP) is 2.32. The lowest BCUT2D eigenvalue weighted by atomic mass is 10.2. The fourth-order valence-electron chi connectivity index (χ4n) is 3.88. The smallest absolute Gasteiger partial charge is 0.243 e. The Hall–Kier alpha value is -2.17. The zero-order valence-corrected chi connectivity index (χ0v) is 18.4. The van der Waals surface area contributed by atoms with E-state index in [1.807, 2.05) is 4.57 Å². The average molecular weight is 448 g/mol. The van der Waals surface area contributed by atoms with Crippen molar-refractivity contribution in [3.05, 3.63) is 42.7 Å². The Morgan fingerprint density at radius 1 is 1.20 bits per heavy atom. The molecule has 0 atom stereocenters. The Morgan fingerprint density at radius 2 is 2.00 bits per heavy atom. The number of rotatable bonds is 7. The number of fused-ring (bicyclic) bond motifs is 1. The first-order chi connectivity index (χ1) is 14.5. The van der Waals surface area contributed by atoms with E-state index in [0.717, 1.165) is 30.5 Å². The van der Waals surface area contributed by atoms with Crippen LogP contribution in [0.1, 0.15) is 24.8 Å². The van der Waals surface area contributed by atoms with Gasteiger partial charge in [-0.3, -0.25) is 4.79 Å². The van der Waals surface area contributed by atoms with E-state index in [1.54, 1.807) is 39.8 Å². The highest BCUT2D eigenvalue weighted by atomic mass is 32.2. The van der Waals surface area contributed by atoms with Gasteiger partial charge in [0.1, 0.15) is 6.33 Å². The van der Waals surface area contributed by atoms with Gasteiger partial charge in [-0.1, -0.05) is 24.3 Å². The van der Waals surface area contributed by atoms with Gasteiger partial charge < -0.3 is 9.47 Å².